The van der Waals surface area contributed by atoms with Gasteiger partial charge in [-0.3, -0.25) is 0 Å². The van der Waals surface area contributed by atoms with Crippen molar-refractivity contribution in [1.82, 2.24) is 0 Å². The van der Waals surface area contributed by atoms with Crippen LogP contribution < -0.4 is 0 Å². The van der Waals surface area contributed by atoms with Gasteiger partial charge in [-0.25, -0.2) is 13.6 Å². The summed E-state index contributed by atoms with van der Waals surface area (Å²) < 4.78 is 30.0. The number of methoxy groups -OCH3 is 1. The minimum atomic E-state index is -1.48. The fraction of sp³-hybridized carbons (Fsp3) is 0.300. The van der Waals surface area contributed by atoms with Crippen molar-refractivity contribution in [3.05, 3.63) is 35.4 Å². The predicted octanol–water partition coefficient (Wildman–Crippen LogP) is 1.04. The van der Waals surface area contributed by atoms with Crippen molar-refractivity contribution in [2.75, 3.05) is 7.11 Å². The van der Waals surface area contributed by atoms with Crippen molar-refractivity contribution in [2.24, 2.45) is 0 Å². The molecule has 0 bridgehead atoms. The molecule has 0 saturated carbocycles. The topological polar surface area (TPSA) is 46.5 Å². The van der Waals surface area contributed by atoms with Crippen LogP contribution >= 0.6 is 0 Å². The van der Waals surface area contributed by atoms with Crippen LogP contribution in [0.3, 0.4) is 0 Å². The van der Waals surface area contributed by atoms with E-state index in [2.05, 4.69) is 4.74 Å². The van der Waals surface area contributed by atoms with Gasteiger partial charge in [-0.15, -0.1) is 0 Å². The highest BCUT2D eigenvalue weighted by Gasteiger charge is 2.18. The molecule has 0 aliphatic carbocycles. The Labute approximate surface area is 85.3 Å². The Bertz CT molecular complexity index is 366. The van der Waals surface area contributed by atoms with Crippen LogP contribution in [-0.2, 0) is 16.0 Å². The summed E-state index contributed by atoms with van der Waals surface area (Å²) in [5.74, 6) is -2.17. The highest BCUT2D eigenvalue weighted by Crippen LogP contribution is 2.12. The van der Waals surface area contributed by atoms with Gasteiger partial charge in [0, 0.05) is 6.42 Å². The van der Waals surface area contributed by atoms with Gasteiger partial charge in [0.05, 0.1) is 7.11 Å². The quantitative estimate of drug-likeness (QED) is 0.768. The second kappa shape index (κ2) is 4.84. The number of rotatable bonds is 3. The zero-order valence-electron chi connectivity index (χ0n) is 8.04. The summed E-state index contributed by atoms with van der Waals surface area (Å²) in [5, 5.41) is 9.22. The highest BCUT2D eigenvalue weighted by molar-refractivity contribution is 5.74. The van der Waals surface area contributed by atoms with Gasteiger partial charge in [-0.1, -0.05) is 0 Å². The van der Waals surface area contributed by atoms with Crippen LogP contribution in [0.15, 0.2) is 18.2 Å². The molecule has 1 unspecified atom stereocenters. The summed E-state index contributed by atoms with van der Waals surface area (Å²) in [6.45, 7) is 0. The number of carbonyl (C=O) groups excluding carboxylic acids is 1. The lowest BCUT2D eigenvalue weighted by molar-refractivity contribution is -0.150. The average molecular weight is 216 g/mol. The summed E-state index contributed by atoms with van der Waals surface area (Å²) in [6, 6.07) is 2.83. The molecule has 0 aliphatic rings. The van der Waals surface area contributed by atoms with Crippen LogP contribution in [0, 0.1) is 11.6 Å². The minimum Gasteiger partial charge on any atom is -0.467 e. The number of carbonyl (C=O) groups is 1. The Morgan fingerprint density at radius 3 is 2.80 bits per heavy atom. The first-order chi connectivity index (χ1) is 7.04. The summed E-state index contributed by atoms with van der Waals surface area (Å²) >= 11 is 0. The molecular formula is C10H10F2O3. The predicted molar refractivity (Wildman–Crippen MR) is 48.1 cm³/mol. The summed E-state index contributed by atoms with van der Waals surface area (Å²) in [4.78, 5) is 10.8. The van der Waals surface area contributed by atoms with Gasteiger partial charge < -0.3 is 9.84 Å². The van der Waals surface area contributed by atoms with Crippen molar-refractivity contribution in [3.63, 3.8) is 0 Å². The van der Waals surface area contributed by atoms with Gasteiger partial charge in [-0.05, 0) is 23.8 Å². The summed E-state index contributed by atoms with van der Waals surface area (Å²) in [6.07, 6.45) is -1.79. The van der Waals surface area contributed by atoms with E-state index >= 15 is 0 Å². The number of hydrogen-bond acceptors (Lipinski definition) is 3. The molecule has 1 rings (SSSR count). The molecule has 0 fully saturated rings. The van der Waals surface area contributed by atoms with Crippen molar-refractivity contribution >= 4 is 5.97 Å². The lowest BCUT2D eigenvalue weighted by Crippen LogP contribution is -2.24. The third-order valence-electron chi connectivity index (χ3n) is 1.89. The molecule has 0 aromatic heterocycles. The van der Waals surface area contributed by atoms with Crippen LogP contribution in [0.4, 0.5) is 8.78 Å². The van der Waals surface area contributed by atoms with Crippen molar-refractivity contribution in [1.29, 1.82) is 0 Å². The lowest BCUT2D eigenvalue weighted by Gasteiger charge is -2.08. The molecule has 3 nitrogen and oxygen atoms in total. The molecule has 5 heteroatoms. The van der Waals surface area contributed by atoms with Crippen LogP contribution in [0.25, 0.3) is 0 Å². The summed E-state index contributed by atoms with van der Waals surface area (Å²) in [5.41, 5.74) is -0.0621. The van der Waals surface area contributed by atoms with E-state index in [9.17, 15) is 18.7 Å². The third kappa shape index (κ3) is 2.99. The number of aliphatic hydroxyl groups is 1. The Balaban J connectivity index is 2.80. The number of aliphatic hydroxyl groups excluding tert-OH is 1. The standard InChI is InChI=1S/C10H10F2O3/c1-15-10(14)9(13)5-6-4-7(11)2-3-8(6)12/h2-4,9,13H,5H2,1H3. The SMILES string of the molecule is COC(=O)C(O)Cc1cc(F)ccc1F. The number of ether oxygens (including phenoxy) is 1. The van der Waals surface area contributed by atoms with E-state index in [-0.39, 0.29) is 12.0 Å². The Hall–Kier alpha value is -1.49. The Kier molecular flexibility index (Phi) is 3.74. The average Bonchev–Trinajstić information content (AvgIpc) is 2.22. The van der Waals surface area contributed by atoms with Crippen LogP contribution in [-0.4, -0.2) is 24.3 Å². The van der Waals surface area contributed by atoms with E-state index < -0.39 is 23.7 Å². The number of benzene rings is 1. The number of halogens is 2. The van der Waals surface area contributed by atoms with E-state index in [0.29, 0.717) is 0 Å². The zero-order valence-corrected chi connectivity index (χ0v) is 8.04. The van der Waals surface area contributed by atoms with Gasteiger partial charge in [0.1, 0.15) is 11.6 Å². The second-order valence-corrected chi connectivity index (χ2v) is 2.98. The van der Waals surface area contributed by atoms with E-state index in [1.165, 1.54) is 0 Å². The fourth-order valence-electron chi connectivity index (χ4n) is 1.13. The van der Waals surface area contributed by atoms with Gasteiger partial charge in [0.15, 0.2) is 6.10 Å². The lowest BCUT2D eigenvalue weighted by atomic mass is 10.1. The number of esters is 1. The first kappa shape index (κ1) is 11.6. The minimum absolute atomic E-state index is 0.0621. The third-order valence-corrected chi connectivity index (χ3v) is 1.89. The van der Waals surface area contributed by atoms with Crippen molar-refractivity contribution in [3.8, 4) is 0 Å². The first-order valence-corrected chi connectivity index (χ1v) is 4.24. The molecule has 0 aliphatic heterocycles. The van der Waals surface area contributed by atoms with Crippen LogP contribution in [0.2, 0.25) is 0 Å². The zero-order chi connectivity index (χ0) is 11.4. The van der Waals surface area contributed by atoms with Crippen molar-refractivity contribution in [2.45, 2.75) is 12.5 Å². The van der Waals surface area contributed by atoms with Gasteiger partial charge in [0.2, 0.25) is 0 Å². The van der Waals surface area contributed by atoms with Crippen molar-refractivity contribution < 1.29 is 23.4 Å². The molecule has 0 amide bonds. The van der Waals surface area contributed by atoms with Gasteiger partial charge in [-0.2, -0.15) is 0 Å². The fourth-order valence-corrected chi connectivity index (χ4v) is 1.13. The van der Waals surface area contributed by atoms with E-state index in [4.69, 9.17) is 0 Å². The van der Waals surface area contributed by atoms with Gasteiger partial charge in [0.25, 0.3) is 0 Å². The maximum atomic E-state index is 13.1. The highest BCUT2D eigenvalue weighted by atomic mass is 19.1. The molecule has 82 valence electrons. The molecule has 1 atom stereocenters. The maximum Gasteiger partial charge on any atom is 0.335 e. The normalized spacial score (nSPS) is 12.3. The molecule has 0 heterocycles. The van der Waals surface area contributed by atoms with E-state index in [1.54, 1.807) is 0 Å². The van der Waals surface area contributed by atoms with Gasteiger partial charge >= 0.3 is 5.97 Å². The molecule has 0 saturated heterocycles. The monoisotopic (exact) mass is 216 g/mol. The molecule has 1 aromatic carbocycles. The first-order valence-electron chi connectivity index (χ1n) is 4.24. The molecule has 15 heavy (non-hydrogen) atoms. The smallest absolute Gasteiger partial charge is 0.335 e. The van der Waals surface area contributed by atoms with E-state index in [1.807, 2.05) is 0 Å². The van der Waals surface area contributed by atoms with E-state index in [0.717, 1.165) is 25.3 Å². The molecular weight excluding hydrogens is 206 g/mol. The molecule has 1 N–H and O–H groups in total. The molecule has 0 radical (unpaired) electrons. The Morgan fingerprint density at radius 1 is 1.53 bits per heavy atom. The van der Waals surface area contributed by atoms with Crippen LogP contribution in [0.5, 0.6) is 0 Å². The van der Waals surface area contributed by atoms with Crippen LogP contribution in [0.1, 0.15) is 5.56 Å². The largest absolute Gasteiger partial charge is 0.467 e. The Morgan fingerprint density at radius 2 is 2.20 bits per heavy atom. The summed E-state index contributed by atoms with van der Waals surface area (Å²) in [7, 11) is 1.10. The second-order valence-electron chi connectivity index (χ2n) is 2.98. The number of hydrogen-bond donors (Lipinski definition) is 1. The molecule has 0 spiro atoms. The maximum absolute atomic E-state index is 13.1. The molecule has 1 aromatic rings.